The first-order valence-electron chi connectivity index (χ1n) is 5.88. The van der Waals surface area contributed by atoms with E-state index in [2.05, 4.69) is 44.3 Å². The van der Waals surface area contributed by atoms with Crippen molar-refractivity contribution in [2.45, 2.75) is 13.3 Å². The minimum absolute atomic E-state index is 0.497. The molecule has 0 amide bonds. The molecule has 2 heterocycles. The summed E-state index contributed by atoms with van der Waals surface area (Å²) in [6.07, 6.45) is 0.970. The standard InChI is InChI=1S/C14H10BrClN2S/c1-2-8-5-6-19-12(8)14-17-11-4-3-9(15)7-10(11)13(16)18-14/h3-7H,2H2,1H3. The van der Waals surface area contributed by atoms with Gasteiger partial charge in [-0.05, 0) is 41.6 Å². The topological polar surface area (TPSA) is 25.8 Å². The van der Waals surface area contributed by atoms with Gasteiger partial charge in [-0.3, -0.25) is 0 Å². The average molecular weight is 354 g/mol. The van der Waals surface area contributed by atoms with Gasteiger partial charge in [-0.15, -0.1) is 11.3 Å². The van der Waals surface area contributed by atoms with E-state index in [0.29, 0.717) is 11.0 Å². The number of halogens is 2. The molecule has 96 valence electrons. The third kappa shape index (κ3) is 2.40. The molecule has 3 rings (SSSR count). The van der Waals surface area contributed by atoms with E-state index in [1.165, 1.54) is 5.56 Å². The van der Waals surface area contributed by atoms with Crippen molar-refractivity contribution in [3.05, 3.63) is 44.8 Å². The second-order valence-electron chi connectivity index (χ2n) is 4.13. The first-order chi connectivity index (χ1) is 9.19. The van der Waals surface area contributed by atoms with Gasteiger partial charge in [-0.25, -0.2) is 9.97 Å². The monoisotopic (exact) mass is 352 g/mol. The molecule has 1 aromatic carbocycles. The Kier molecular flexibility index (Phi) is 3.56. The lowest BCUT2D eigenvalue weighted by atomic mass is 10.2. The van der Waals surface area contributed by atoms with Gasteiger partial charge in [0.15, 0.2) is 5.82 Å². The first kappa shape index (κ1) is 13.0. The summed E-state index contributed by atoms with van der Waals surface area (Å²) in [6.45, 7) is 2.13. The molecule has 0 aliphatic carbocycles. The molecule has 3 aromatic rings. The number of aryl methyl sites for hydroxylation is 1. The highest BCUT2D eigenvalue weighted by atomic mass is 79.9. The summed E-state index contributed by atoms with van der Waals surface area (Å²) >= 11 is 11.4. The molecule has 0 atom stereocenters. The Balaban J connectivity index is 2.24. The summed E-state index contributed by atoms with van der Waals surface area (Å²) in [6, 6.07) is 7.97. The van der Waals surface area contributed by atoms with E-state index in [9.17, 15) is 0 Å². The SMILES string of the molecule is CCc1ccsc1-c1nc(Cl)c2cc(Br)ccc2n1. The largest absolute Gasteiger partial charge is 0.227 e. The van der Waals surface area contributed by atoms with Crippen LogP contribution < -0.4 is 0 Å². The van der Waals surface area contributed by atoms with E-state index in [1.54, 1.807) is 11.3 Å². The van der Waals surface area contributed by atoms with Gasteiger partial charge in [0.05, 0.1) is 10.4 Å². The number of thiophene rings is 1. The van der Waals surface area contributed by atoms with Crippen LogP contribution >= 0.6 is 38.9 Å². The summed E-state index contributed by atoms with van der Waals surface area (Å²) in [5, 5.41) is 3.43. The van der Waals surface area contributed by atoms with Crippen LogP contribution in [0.5, 0.6) is 0 Å². The molecule has 0 radical (unpaired) electrons. The quantitative estimate of drug-likeness (QED) is 0.581. The number of nitrogens with zero attached hydrogens (tertiary/aromatic N) is 2. The van der Waals surface area contributed by atoms with Crippen LogP contribution in [0.25, 0.3) is 21.6 Å². The maximum Gasteiger partial charge on any atom is 0.171 e. The van der Waals surface area contributed by atoms with Crippen LogP contribution in [-0.4, -0.2) is 9.97 Å². The number of hydrogen-bond donors (Lipinski definition) is 0. The van der Waals surface area contributed by atoms with E-state index >= 15 is 0 Å². The first-order valence-corrected chi connectivity index (χ1v) is 7.93. The molecular formula is C14H10BrClN2S. The fourth-order valence-electron chi connectivity index (χ4n) is 1.98. The lowest BCUT2D eigenvalue weighted by Gasteiger charge is -2.05. The minimum atomic E-state index is 0.497. The fourth-order valence-corrected chi connectivity index (χ4v) is 3.50. The van der Waals surface area contributed by atoms with Crippen molar-refractivity contribution in [1.29, 1.82) is 0 Å². The predicted octanol–water partition coefficient (Wildman–Crippen LogP) is 5.34. The van der Waals surface area contributed by atoms with Gasteiger partial charge in [0.25, 0.3) is 0 Å². The molecule has 0 fully saturated rings. The van der Waals surface area contributed by atoms with Crippen molar-refractivity contribution in [2.24, 2.45) is 0 Å². The van der Waals surface area contributed by atoms with Crippen molar-refractivity contribution in [2.75, 3.05) is 0 Å². The molecule has 0 unspecified atom stereocenters. The number of hydrogen-bond acceptors (Lipinski definition) is 3. The Bertz CT molecular complexity index is 754. The normalized spacial score (nSPS) is 11.1. The van der Waals surface area contributed by atoms with Crippen LogP contribution in [0.4, 0.5) is 0 Å². The molecule has 2 nitrogen and oxygen atoms in total. The molecular weight excluding hydrogens is 344 g/mol. The maximum atomic E-state index is 6.28. The highest BCUT2D eigenvalue weighted by Crippen LogP contribution is 2.31. The van der Waals surface area contributed by atoms with Gasteiger partial charge in [-0.1, -0.05) is 34.5 Å². The number of fused-ring (bicyclic) bond motifs is 1. The van der Waals surface area contributed by atoms with Crippen molar-refractivity contribution in [3.8, 4) is 10.7 Å². The molecule has 0 saturated heterocycles. The summed E-state index contributed by atoms with van der Waals surface area (Å²) in [4.78, 5) is 10.2. The third-order valence-electron chi connectivity index (χ3n) is 2.94. The van der Waals surface area contributed by atoms with E-state index in [1.807, 2.05) is 18.2 Å². The molecule has 19 heavy (non-hydrogen) atoms. The van der Waals surface area contributed by atoms with E-state index in [-0.39, 0.29) is 0 Å². The van der Waals surface area contributed by atoms with Gasteiger partial charge in [-0.2, -0.15) is 0 Å². The predicted molar refractivity (Wildman–Crippen MR) is 84.9 cm³/mol. The van der Waals surface area contributed by atoms with E-state index < -0.39 is 0 Å². The highest BCUT2D eigenvalue weighted by Gasteiger charge is 2.12. The average Bonchev–Trinajstić information content (AvgIpc) is 2.87. The van der Waals surface area contributed by atoms with Gasteiger partial charge in [0.1, 0.15) is 5.15 Å². The lowest BCUT2D eigenvalue weighted by molar-refractivity contribution is 1.14. The summed E-state index contributed by atoms with van der Waals surface area (Å²) in [5.74, 6) is 0.715. The van der Waals surface area contributed by atoms with Gasteiger partial charge in [0, 0.05) is 9.86 Å². The molecule has 0 bridgehead atoms. The molecule has 5 heteroatoms. The Morgan fingerprint density at radius 2 is 2.11 bits per heavy atom. The number of aromatic nitrogens is 2. The Morgan fingerprint density at radius 3 is 2.89 bits per heavy atom. The second-order valence-corrected chi connectivity index (χ2v) is 6.32. The van der Waals surface area contributed by atoms with Crippen LogP contribution in [0, 0.1) is 0 Å². The van der Waals surface area contributed by atoms with Crippen LogP contribution in [-0.2, 0) is 6.42 Å². The highest BCUT2D eigenvalue weighted by molar-refractivity contribution is 9.10. The molecule has 0 saturated carbocycles. The number of benzene rings is 1. The smallest absolute Gasteiger partial charge is 0.171 e. The summed E-state index contributed by atoms with van der Waals surface area (Å²) < 4.78 is 0.976. The Labute approximate surface area is 128 Å². The van der Waals surface area contributed by atoms with Crippen molar-refractivity contribution in [3.63, 3.8) is 0 Å². The molecule has 2 aromatic heterocycles. The Hall–Kier alpha value is -0.970. The van der Waals surface area contributed by atoms with Gasteiger partial charge in [0.2, 0.25) is 0 Å². The summed E-state index contributed by atoms with van der Waals surface area (Å²) in [5.41, 5.74) is 2.13. The van der Waals surface area contributed by atoms with Crippen LogP contribution in [0.3, 0.4) is 0 Å². The fraction of sp³-hybridized carbons (Fsp3) is 0.143. The molecule has 0 spiro atoms. The van der Waals surface area contributed by atoms with Crippen LogP contribution in [0.15, 0.2) is 34.1 Å². The molecule has 0 aliphatic heterocycles. The van der Waals surface area contributed by atoms with Crippen molar-refractivity contribution >= 4 is 49.8 Å². The molecule has 0 aliphatic rings. The van der Waals surface area contributed by atoms with Gasteiger partial charge >= 0.3 is 0 Å². The van der Waals surface area contributed by atoms with Crippen molar-refractivity contribution in [1.82, 2.24) is 9.97 Å². The maximum absolute atomic E-state index is 6.28. The van der Waals surface area contributed by atoms with Gasteiger partial charge < -0.3 is 0 Å². The minimum Gasteiger partial charge on any atom is -0.227 e. The van der Waals surface area contributed by atoms with E-state index in [4.69, 9.17) is 11.6 Å². The van der Waals surface area contributed by atoms with Crippen LogP contribution in [0.1, 0.15) is 12.5 Å². The number of rotatable bonds is 2. The zero-order valence-electron chi connectivity index (χ0n) is 10.2. The van der Waals surface area contributed by atoms with Crippen molar-refractivity contribution < 1.29 is 0 Å². The van der Waals surface area contributed by atoms with Crippen LogP contribution in [0.2, 0.25) is 5.15 Å². The second kappa shape index (κ2) is 5.19. The lowest BCUT2D eigenvalue weighted by Crippen LogP contribution is -1.92. The zero-order chi connectivity index (χ0) is 13.4. The van der Waals surface area contributed by atoms with E-state index in [0.717, 1.165) is 26.7 Å². The molecule has 0 N–H and O–H groups in total. The Morgan fingerprint density at radius 1 is 1.26 bits per heavy atom. The third-order valence-corrected chi connectivity index (χ3v) is 4.68. The zero-order valence-corrected chi connectivity index (χ0v) is 13.3. The summed E-state index contributed by atoms with van der Waals surface area (Å²) in [7, 11) is 0.